The highest BCUT2D eigenvalue weighted by atomic mass is 16.3. The fourth-order valence-electron chi connectivity index (χ4n) is 1.93. The van der Waals surface area contributed by atoms with Gasteiger partial charge in [0, 0.05) is 11.1 Å². The van der Waals surface area contributed by atoms with E-state index in [1.165, 1.54) is 0 Å². The van der Waals surface area contributed by atoms with Gasteiger partial charge in [0.15, 0.2) is 0 Å². The summed E-state index contributed by atoms with van der Waals surface area (Å²) in [6, 6.07) is 19.1. The molecule has 1 N–H and O–H groups in total. The largest absolute Gasteiger partial charge is 0.508 e. The van der Waals surface area contributed by atoms with Crippen LogP contribution in [0.1, 0.15) is 0 Å². The number of phenols is 1. The molecule has 0 aliphatic rings. The van der Waals surface area contributed by atoms with E-state index < -0.39 is 0 Å². The fourth-order valence-corrected chi connectivity index (χ4v) is 1.93. The number of phenolic OH excluding ortho intramolecular Hbond substituents is 1. The third-order valence-corrected chi connectivity index (χ3v) is 2.84. The predicted molar refractivity (Wildman–Crippen MR) is 71.2 cm³/mol. The summed E-state index contributed by atoms with van der Waals surface area (Å²) in [5.74, 6) is 1.09. The molecule has 0 saturated carbocycles. The summed E-state index contributed by atoms with van der Waals surface area (Å²) in [4.78, 5) is 0. The van der Waals surface area contributed by atoms with Crippen LogP contribution in [0.25, 0.3) is 22.5 Å². The second-order valence-corrected chi connectivity index (χ2v) is 4.12. The van der Waals surface area contributed by atoms with E-state index in [1.807, 2.05) is 48.5 Å². The maximum Gasteiger partial charge on any atom is 0.134 e. The van der Waals surface area contributed by atoms with Crippen LogP contribution >= 0.6 is 0 Å². The van der Waals surface area contributed by atoms with E-state index in [2.05, 4.69) is 0 Å². The van der Waals surface area contributed by atoms with Crippen LogP contribution in [-0.2, 0) is 0 Å². The molecule has 3 aromatic rings. The van der Waals surface area contributed by atoms with Gasteiger partial charge in [-0.3, -0.25) is 0 Å². The summed E-state index contributed by atoms with van der Waals surface area (Å²) in [6.45, 7) is 0. The number of furan rings is 1. The van der Waals surface area contributed by atoms with E-state index in [0.717, 1.165) is 22.5 Å². The van der Waals surface area contributed by atoms with Gasteiger partial charge >= 0.3 is 0 Å². The zero-order chi connectivity index (χ0) is 12.4. The first kappa shape index (κ1) is 10.7. The second-order valence-electron chi connectivity index (χ2n) is 4.12. The molecule has 3 rings (SSSR count). The van der Waals surface area contributed by atoms with Crippen molar-refractivity contribution in [2.45, 2.75) is 0 Å². The molecule has 2 heteroatoms. The van der Waals surface area contributed by atoms with E-state index in [0.29, 0.717) is 0 Å². The monoisotopic (exact) mass is 236 g/mol. The molecule has 0 aliphatic heterocycles. The molecule has 0 saturated heterocycles. The Morgan fingerprint density at radius 3 is 2.28 bits per heavy atom. The van der Waals surface area contributed by atoms with Crippen LogP contribution in [0, 0.1) is 0 Å². The summed E-state index contributed by atoms with van der Waals surface area (Å²) in [6.07, 6.45) is 1.71. The van der Waals surface area contributed by atoms with Crippen molar-refractivity contribution in [2.75, 3.05) is 0 Å². The van der Waals surface area contributed by atoms with E-state index >= 15 is 0 Å². The summed E-state index contributed by atoms with van der Waals surface area (Å²) >= 11 is 0. The van der Waals surface area contributed by atoms with Gasteiger partial charge in [0.1, 0.15) is 11.5 Å². The van der Waals surface area contributed by atoms with Crippen LogP contribution in [0.15, 0.2) is 71.3 Å². The third kappa shape index (κ3) is 2.00. The summed E-state index contributed by atoms with van der Waals surface area (Å²) in [5.41, 5.74) is 2.95. The highest BCUT2D eigenvalue weighted by Crippen LogP contribution is 2.29. The van der Waals surface area contributed by atoms with Crippen molar-refractivity contribution in [1.82, 2.24) is 0 Å². The van der Waals surface area contributed by atoms with E-state index in [1.54, 1.807) is 18.4 Å². The number of hydrogen-bond acceptors (Lipinski definition) is 2. The Hall–Kier alpha value is -2.48. The molecule has 1 aromatic heterocycles. The Bertz CT molecular complexity index is 654. The molecule has 0 amide bonds. The van der Waals surface area contributed by atoms with Gasteiger partial charge < -0.3 is 9.52 Å². The second kappa shape index (κ2) is 4.41. The maximum atomic E-state index is 9.47. The fraction of sp³-hybridized carbons (Fsp3) is 0. The Kier molecular flexibility index (Phi) is 2.61. The van der Waals surface area contributed by atoms with Gasteiger partial charge in [-0.05, 0) is 23.8 Å². The van der Waals surface area contributed by atoms with Crippen molar-refractivity contribution < 1.29 is 9.52 Å². The molecule has 18 heavy (non-hydrogen) atoms. The minimum atomic E-state index is 0.259. The lowest BCUT2D eigenvalue weighted by atomic mass is 10.1. The third-order valence-electron chi connectivity index (χ3n) is 2.84. The summed E-state index contributed by atoms with van der Waals surface area (Å²) < 4.78 is 5.56. The molecule has 0 unspecified atom stereocenters. The number of benzene rings is 2. The zero-order valence-corrected chi connectivity index (χ0v) is 9.71. The average molecular weight is 236 g/mol. The molecule has 2 nitrogen and oxygen atoms in total. The lowest BCUT2D eigenvalue weighted by molar-refractivity contribution is 0.475. The minimum Gasteiger partial charge on any atom is -0.508 e. The Morgan fingerprint density at radius 1 is 0.722 bits per heavy atom. The molecule has 0 fully saturated rings. The molecule has 0 spiro atoms. The standard InChI is InChI=1S/C16H12O2/c17-15-8-4-7-13(9-15)14-10-16(18-11-14)12-5-2-1-3-6-12/h1-11,17H. The number of aromatic hydroxyl groups is 1. The van der Waals surface area contributed by atoms with Crippen LogP contribution in [0.5, 0.6) is 5.75 Å². The first-order chi connectivity index (χ1) is 8.83. The van der Waals surface area contributed by atoms with Gasteiger partial charge in [0.05, 0.1) is 6.26 Å². The lowest BCUT2D eigenvalue weighted by Gasteiger charge is -1.97. The van der Waals surface area contributed by atoms with Gasteiger partial charge in [-0.15, -0.1) is 0 Å². The zero-order valence-electron chi connectivity index (χ0n) is 9.71. The van der Waals surface area contributed by atoms with Crippen LogP contribution in [0.2, 0.25) is 0 Å². The van der Waals surface area contributed by atoms with Crippen LogP contribution in [0.4, 0.5) is 0 Å². The lowest BCUT2D eigenvalue weighted by Crippen LogP contribution is -1.73. The van der Waals surface area contributed by atoms with Crippen molar-refractivity contribution in [2.24, 2.45) is 0 Å². The Balaban J connectivity index is 2.00. The smallest absolute Gasteiger partial charge is 0.134 e. The topological polar surface area (TPSA) is 33.4 Å². The molecule has 88 valence electrons. The average Bonchev–Trinajstić information content (AvgIpc) is 2.89. The van der Waals surface area contributed by atoms with E-state index in [9.17, 15) is 5.11 Å². The molecule has 0 radical (unpaired) electrons. The van der Waals surface area contributed by atoms with Gasteiger partial charge in [-0.1, -0.05) is 42.5 Å². The molecule has 0 atom stereocenters. The van der Waals surface area contributed by atoms with Crippen molar-refractivity contribution >= 4 is 0 Å². The molecular formula is C16H12O2. The molecule has 2 aromatic carbocycles. The molecule has 0 aliphatic carbocycles. The normalized spacial score (nSPS) is 10.4. The maximum absolute atomic E-state index is 9.47. The SMILES string of the molecule is Oc1cccc(-c2coc(-c3ccccc3)c2)c1. The van der Waals surface area contributed by atoms with Crippen molar-refractivity contribution in [1.29, 1.82) is 0 Å². The first-order valence-electron chi connectivity index (χ1n) is 5.76. The van der Waals surface area contributed by atoms with Crippen LogP contribution in [-0.4, -0.2) is 5.11 Å². The minimum absolute atomic E-state index is 0.259. The predicted octanol–water partition coefficient (Wildman–Crippen LogP) is 4.32. The highest BCUT2D eigenvalue weighted by molar-refractivity contribution is 5.70. The van der Waals surface area contributed by atoms with Crippen LogP contribution in [0.3, 0.4) is 0 Å². The Labute approximate surface area is 105 Å². The van der Waals surface area contributed by atoms with Crippen LogP contribution < -0.4 is 0 Å². The summed E-state index contributed by atoms with van der Waals surface area (Å²) in [7, 11) is 0. The number of rotatable bonds is 2. The summed E-state index contributed by atoms with van der Waals surface area (Å²) in [5, 5.41) is 9.47. The molecule has 0 bridgehead atoms. The van der Waals surface area contributed by atoms with Gasteiger partial charge in [0.25, 0.3) is 0 Å². The molecular weight excluding hydrogens is 224 g/mol. The van der Waals surface area contributed by atoms with E-state index in [-0.39, 0.29) is 5.75 Å². The van der Waals surface area contributed by atoms with E-state index in [4.69, 9.17) is 4.42 Å². The van der Waals surface area contributed by atoms with Crippen molar-refractivity contribution in [3.8, 4) is 28.2 Å². The van der Waals surface area contributed by atoms with Gasteiger partial charge in [-0.2, -0.15) is 0 Å². The molecule has 1 heterocycles. The Morgan fingerprint density at radius 2 is 1.50 bits per heavy atom. The number of hydrogen-bond donors (Lipinski definition) is 1. The first-order valence-corrected chi connectivity index (χ1v) is 5.76. The quantitative estimate of drug-likeness (QED) is 0.718. The van der Waals surface area contributed by atoms with Gasteiger partial charge in [-0.25, -0.2) is 0 Å². The van der Waals surface area contributed by atoms with Gasteiger partial charge in [0.2, 0.25) is 0 Å². The van der Waals surface area contributed by atoms with Crippen molar-refractivity contribution in [3.63, 3.8) is 0 Å². The van der Waals surface area contributed by atoms with Crippen molar-refractivity contribution in [3.05, 3.63) is 66.9 Å². The highest BCUT2D eigenvalue weighted by Gasteiger charge is 2.06.